The second kappa shape index (κ2) is 5.30. The largest absolute Gasteiger partial charge is 0.504 e. The smallest absolute Gasteiger partial charge is 0.171 e. The number of aromatic hydroxyl groups is 4. The zero-order valence-electron chi connectivity index (χ0n) is 9.56. The van der Waals surface area contributed by atoms with E-state index in [1.54, 1.807) is 12.1 Å². The number of phenols is 4. The van der Waals surface area contributed by atoms with Crippen LogP contribution >= 0.6 is 31.9 Å². The van der Waals surface area contributed by atoms with Crippen molar-refractivity contribution in [3.05, 3.63) is 44.3 Å². The molecule has 0 amide bonds. The highest BCUT2D eigenvalue weighted by Gasteiger charge is 2.10. The van der Waals surface area contributed by atoms with Gasteiger partial charge in [-0.25, -0.2) is 0 Å². The van der Waals surface area contributed by atoms with Gasteiger partial charge in [-0.05, 0) is 73.7 Å². The Morgan fingerprint density at radius 2 is 1.05 bits per heavy atom. The van der Waals surface area contributed by atoms with Gasteiger partial charge in [0.1, 0.15) is 0 Å². The van der Waals surface area contributed by atoms with Crippen LogP contribution in [-0.4, -0.2) is 20.4 Å². The third-order valence-electron chi connectivity index (χ3n) is 2.61. The molecule has 2 aromatic rings. The summed E-state index contributed by atoms with van der Waals surface area (Å²) in [5.41, 5.74) is 1.50. The molecular formula is C13H10Br2O4. The van der Waals surface area contributed by atoms with Gasteiger partial charge in [-0.2, -0.15) is 0 Å². The third-order valence-corrected chi connectivity index (χ3v) is 3.82. The van der Waals surface area contributed by atoms with Crippen LogP contribution in [0.4, 0.5) is 0 Å². The fourth-order valence-corrected chi connectivity index (χ4v) is 2.71. The van der Waals surface area contributed by atoms with Crippen LogP contribution in [0, 0.1) is 0 Å². The Balaban J connectivity index is 2.36. The molecule has 0 aromatic heterocycles. The summed E-state index contributed by atoms with van der Waals surface area (Å²) < 4.78 is 0.786. The zero-order valence-corrected chi connectivity index (χ0v) is 12.7. The Kier molecular flexibility index (Phi) is 3.91. The summed E-state index contributed by atoms with van der Waals surface area (Å²) in [6, 6.07) is 6.23. The lowest BCUT2D eigenvalue weighted by Gasteiger charge is -2.08. The first kappa shape index (κ1) is 14.0. The predicted molar refractivity (Wildman–Crippen MR) is 77.7 cm³/mol. The Morgan fingerprint density at radius 1 is 0.684 bits per heavy atom. The maximum absolute atomic E-state index is 9.53. The molecule has 2 aromatic carbocycles. The number of benzene rings is 2. The molecule has 0 fully saturated rings. The van der Waals surface area contributed by atoms with E-state index < -0.39 is 0 Å². The summed E-state index contributed by atoms with van der Waals surface area (Å²) in [6.07, 6.45) is 0.429. The summed E-state index contributed by atoms with van der Waals surface area (Å²) in [6.45, 7) is 0. The van der Waals surface area contributed by atoms with Crippen molar-refractivity contribution in [3.63, 3.8) is 0 Å². The van der Waals surface area contributed by atoms with Crippen LogP contribution in [0.1, 0.15) is 11.1 Å². The first-order valence-corrected chi connectivity index (χ1v) is 6.87. The van der Waals surface area contributed by atoms with E-state index in [9.17, 15) is 20.4 Å². The van der Waals surface area contributed by atoms with Gasteiger partial charge in [0.2, 0.25) is 0 Å². The number of halogens is 2. The van der Waals surface area contributed by atoms with E-state index in [-0.39, 0.29) is 23.0 Å². The highest BCUT2D eigenvalue weighted by Crippen LogP contribution is 2.37. The molecule has 6 heteroatoms. The molecule has 0 spiro atoms. The van der Waals surface area contributed by atoms with Crippen LogP contribution in [0.2, 0.25) is 0 Å². The number of hydrogen-bond acceptors (Lipinski definition) is 4. The molecular weight excluding hydrogens is 380 g/mol. The van der Waals surface area contributed by atoms with Crippen molar-refractivity contribution in [2.45, 2.75) is 6.42 Å². The molecule has 0 aliphatic carbocycles. The van der Waals surface area contributed by atoms with Gasteiger partial charge in [-0.3, -0.25) is 0 Å². The van der Waals surface area contributed by atoms with Crippen molar-refractivity contribution in [2.24, 2.45) is 0 Å². The topological polar surface area (TPSA) is 80.9 Å². The molecule has 4 N–H and O–H groups in total. The summed E-state index contributed by atoms with van der Waals surface area (Å²) in [4.78, 5) is 0. The minimum absolute atomic E-state index is 0.210. The van der Waals surface area contributed by atoms with Gasteiger partial charge < -0.3 is 20.4 Å². The van der Waals surface area contributed by atoms with Crippen molar-refractivity contribution >= 4 is 31.9 Å². The highest BCUT2D eigenvalue weighted by atomic mass is 79.9. The molecule has 0 saturated heterocycles. The first-order valence-electron chi connectivity index (χ1n) is 5.29. The molecule has 19 heavy (non-hydrogen) atoms. The van der Waals surface area contributed by atoms with Crippen molar-refractivity contribution in [3.8, 4) is 23.0 Å². The van der Waals surface area contributed by atoms with E-state index >= 15 is 0 Å². The summed E-state index contributed by atoms with van der Waals surface area (Å²) in [7, 11) is 0. The standard InChI is InChI=1S/C13H10Br2O4/c14-8-2-6(4-10(16)12(8)18)1-7-3-9(15)13(19)11(17)5-7/h2-5,16-19H,1H2. The molecule has 0 aliphatic heterocycles. The predicted octanol–water partition coefficient (Wildman–Crippen LogP) is 3.62. The average molecular weight is 390 g/mol. The maximum atomic E-state index is 9.53. The lowest BCUT2D eigenvalue weighted by molar-refractivity contribution is 0.400. The van der Waals surface area contributed by atoms with E-state index in [0.29, 0.717) is 15.4 Å². The second-order valence-corrected chi connectivity index (χ2v) is 5.78. The number of rotatable bonds is 2. The summed E-state index contributed by atoms with van der Waals surface area (Å²) >= 11 is 6.28. The Labute approximate surface area is 126 Å². The molecule has 0 aliphatic rings. The van der Waals surface area contributed by atoms with E-state index in [2.05, 4.69) is 31.9 Å². The first-order chi connectivity index (χ1) is 8.88. The van der Waals surface area contributed by atoms with Gasteiger partial charge in [-0.15, -0.1) is 0 Å². The van der Waals surface area contributed by atoms with Gasteiger partial charge in [0, 0.05) is 0 Å². The van der Waals surface area contributed by atoms with E-state index in [1.165, 1.54) is 12.1 Å². The van der Waals surface area contributed by atoms with Crippen LogP contribution < -0.4 is 0 Å². The monoisotopic (exact) mass is 388 g/mol. The molecule has 0 saturated carbocycles. The molecule has 0 atom stereocenters. The molecule has 4 nitrogen and oxygen atoms in total. The zero-order chi connectivity index (χ0) is 14.2. The lowest BCUT2D eigenvalue weighted by atomic mass is 10.0. The summed E-state index contributed by atoms with van der Waals surface area (Å²) in [5.74, 6) is -0.852. The van der Waals surface area contributed by atoms with Crippen molar-refractivity contribution in [2.75, 3.05) is 0 Å². The minimum Gasteiger partial charge on any atom is -0.504 e. The van der Waals surface area contributed by atoms with Gasteiger partial charge in [0.25, 0.3) is 0 Å². The fourth-order valence-electron chi connectivity index (χ4n) is 1.72. The molecule has 0 bridgehead atoms. The van der Waals surface area contributed by atoms with Crippen LogP contribution in [0.3, 0.4) is 0 Å². The van der Waals surface area contributed by atoms with Crippen molar-refractivity contribution in [1.82, 2.24) is 0 Å². The fraction of sp³-hybridized carbons (Fsp3) is 0.0769. The lowest BCUT2D eigenvalue weighted by Crippen LogP contribution is -1.89. The second-order valence-electron chi connectivity index (χ2n) is 4.07. The van der Waals surface area contributed by atoms with Crippen LogP contribution in [0.25, 0.3) is 0 Å². The quantitative estimate of drug-likeness (QED) is 0.591. The maximum Gasteiger partial charge on any atom is 0.171 e. The Bertz CT molecular complexity index is 539. The van der Waals surface area contributed by atoms with E-state index in [4.69, 9.17) is 0 Å². The van der Waals surface area contributed by atoms with Gasteiger partial charge in [0.15, 0.2) is 23.0 Å². The molecule has 0 radical (unpaired) electrons. The molecule has 100 valence electrons. The number of hydrogen-bond donors (Lipinski definition) is 4. The molecule has 0 unspecified atom stereocenters. The highest BCUT2D eigenvalue weighted by molar-refractivity contribution is 9.10. The minimum atomic E-state index is -0.216. The summed E-state index contributed by atoms with van der Waals surface area (Å²) in [5, 5.41) is 38.0. The molecule has 2 rings (SSSR count). The Morgan fingerprint density at radius 3 is 1.37 bits per heavy atom. The van der Waals surface area contributed by atoms with E-state index in [1.807, 2.05) is 0 Å². The van der Waals surface area contributed by atoms with Crippen LogP contribution in [0.15, 0.2) is 33.2 Å². The van der Waals surface area contributed by atoms with Gasteiger partial charge >= 0.3 is 0 Å². The van der Waals surface area contributed by atoms with Crippen molar-refractivity contribution in [1.29, 1.82) is 0 Å². The normalized spacial score (nSPS) is 10.6. The van der Waals surface area contributed by atoms with Gasteiger partial charge in [0.05, 0.1) is 8.95 Å². The third kappa shape index (κ3) is 2.96. The van der Waals surface area contributed by atoms with Gasteiger partial charge in [-0.1, -0.05) is 0 Å². The SMILES string of the molecule is Oc1cc(Cc2cc(O)c(O)c(Br)c2)cc(Br)c1O. The van der Waals surface area contributed by atoms with Crippen LogP contribution in [-0.2, 0) is 6.42 Å². The van der Waals surface area contributed by atoms with E-state index in [0.717, 1.165) is 11.1 Å². The number of phenolic OH excluding ortho intramolecular Hbond substituents is 4. The van der Waals surface area contributed by atoms with Crippen molar-refractivity contribution < 1.29 is 20.4 Å². The average Bonchev–Trinajstić information content (AvgIpc) is 2.33. The Hall–Kier alpha value is -1.40. The van der Waals surface area contributed by atoms with Crippen LogP contribution in [0.5, 0.6) is 23.0 Å². The molecule has 0 heterocycles.